The van der Waals surface area contributed by atoms with E-state index in [1.54, 1.807) is 12.1 Å². The molecule has 0 saturated heterocycles. The summed E-state index contributed by atoms with van der Waals surface area (Å²) in [5.41, 5.74) is 4.67. The first-order chi connectivity index (χ1) is 7.74. The van der Waals surface area contributed by atoms with Gasteiger partial charge in [0.15, 0.2) is 0 Å². The molecule has 0 bridgehead atoms. The van der Waals surface area contributed by atoms with Crippen LogP contribution in [0.4, 0.5) is 4.39 Å². The summed E-state index contributed by atoms with van der Waals surface area (Å²) in [6.07, 6.45) is 0. The lowest BCUT2D eigenvalue weighted by atomic mass is 10.2. The molecule has 0 radical (unpaired) electrons. The molecule has 1 aromatic rings. The summed E-state index contributed by atoms with van der Waals surface area (Å²) in [6.45, 7) is 2.72. The van der Waals surface area contributed by atoms with Gasteiger partial charge in [0, 0.05) is 13.1 Å². The first-order valence-electron chi connectivity index (χ1n) is 5.22. The summed E-state index contributed by atoms with van der Waals surface area (Å²) in [5, 5.41) is 0. The SMILES string of the molecule is CC(C)(F)CNS(=O)(=O)c1ccc(CN)cc1. The van der Waals surface area contributed by atoms with Crippen molar-refractivity contribution >= 4 is 10.0 Å². The molecule has 0 aliphatic carbocycles. The van der Waals surface area contributed by atoms with Gasteiger partial charge in [-0.3, -0.25) is 0 Å². The van der Waals surface area contributed by atoms with E-state index in [0.717, 1.165) is 5.56 Å². The highest BCUT2D eigenvalue weighted by atomic mass is 32.2. The molecule has 0 saturated carbocycles. The number of rotatable bonds is 5. The van der Waals surface area contributed by atoms with E-state index in [4.69, 9.17) is 5.73 Å². The number of hydrogen-bond acceptors (Lipinski definition) is 3. The van der Waals surface area contributed by atoms with Crippen molar-refractivity contribution in [2.24, 2.45) is 5.73 Å². The van der Waals surface area contributed by atoms with E-state index in [-0.39, 0.29) is 11.4 Å². The minimum atomic E-state index is -3.65. The smallest absolute Gasteiger partial charge is 0.240 e. The Kier molecular flexibility index (Phi) is 4.24. The highest BCUT2D eigenvalue weighted by molar-refractivity contribution is 7.89. The maximum atomic E-state index is 13.2. The van der Waals surface area contributed by atoms with E-state index in [1.165, 1.54) is 26.0 Å². The number of hydrogen-bond donors (Lipinski definition) is 2. The van der Waals surface area contributed by atoms with E-state index in [9.17, 15) is 12.8 Å². The Morgan fingerprint density at radius 3 is 2.24 bits per heavy atom. The Balaban J connectivity index is 2.82. The Morgan fingerprint density at radius 1 is 1.29 bits per heavy atom. The molecule has 0 spiro atoms. The molecule has 0 unspecified atom stereocenters. The van der Waals surface area contributed by atoms with Crippen molar-refractivity contribution < 1.29 is 12.8 Å². The monoisotopic (exact) mass is 260 g/mol. The molecule has 0 aliphatic heterocycles. The molecular weight excluding hydrogens is 243 g/mol. The van der Waals surface area contributed by atoms with Crippen molar-refractivity contribution in [2.75, 3.05) is 6.54 Å². The lowest BCUT2D eigenvalue weighted by Crippen LogP contribution is -2.35. The van der Waals surface area contributed by atoms with Crippen LogP contribution in [0, 0.1) is 0 Å². The largest absolute Gasteiger partial charge is 0.326 e. The van der Waals surface area contributed by atoms with Crippen LogP contribution in [0.1, 0.15) is 19.4 Å². The van der Waals surface area contributed by atoms with E-state index in [0.29, 0.717) is 6.54 Å². The zero-order valence-electron chi connectivity index (χ0n) is 9.90. The van der Waals surface area contributed by atoms with Crippen LogP contribution >= 0.6 is 0 Å². The fraction of sp³-hybridized carbons (Fsp3) is 0.455. The predicted molar refractivity (Wildman–Crippen MR) is 64.7 cm³/mol. The van der Waals surface area contributed by atoms with Gasteiger partial charge < -0.3 is 5.73 Å². The van der Waals surface area contributed by atoms with Gasteiger partial charge in [-0.1, -0.05) is 12.1 Å². The second kappa shape index (κ2) is 5.12. The Morgan fingerprint density at radius 2 is 1.82 bits per heavy atom. The molecule has 0 aromatic heterocycles. The first kappa shape index (κ1) is 14.1. The standard InChI is InChI=1S/C11H17FN2O2S/c1-11(2,12)8-14-17(15,16)10-5-3-9(7-13)4-6-10/h3-6,14H,7-8,13H2,1-2H3. The van der Waals surface area contributed by atoms with E-state index in [1.807, 2.05) is 0 Å². The molecule has 1 rings (SSSR count). The van der Waals surface area contributed by atoms with E-state index < -0.39 is 15.7 Å². The molecule has 96 valence electrons. The van der Waals surface area contributed by atoms with Crippen molar-refractivity contribution in [1.82, 2.24) is 4.72 Å². The minimum absolute atomic E-state index is 0.110. The normalized spacial score (nSPS) is 12.7. The molecule has 0 fully saturated rings. The van der Waals surface area contributed by atoms with Crippen molar-refractivity contribution in [1.29, 1.82) is 0 Å². The highest BCUT2D eigenvalue weighted by Gasteiger charge is 2.21. The Hall–Kier alpha value is -0.980. The molecule has 0 amide bonds. The van der Waals surface area contributed by atoms with Gasteiger partial charge in [-0.15, -0.1) is 0 Å². The van der Waals surface area contributed by atoms with Gasteiger partial charge in [0.25, 0.3) is 0 Å². The number of nitrogens with two attached hydrogens (primary N) is 1. The summed E-state index contributed by atoms with van der Waals surface area (Å²) in [4.78, 5) is 0.110. The van der Waals surface area contributed by atoms with Gasteiger partial charge in [-0.2, -0.15) is 0 Å². The van der Waals surface area contributed by atoms with Crippen LogP contribution in [-0.2, 0) is 16.6 Å². The molecule has 4 nitrogen and oxygen atoms in total. The molecule has 0 aliphatic rings. The third kappa shape index (κ3) is 4.41. The number of halogens is 1. The second-order valence-electron chi connectivity index (χ2n) is 4.39. The number of alkyl halides is 1. The molecule has 0 heterocycles. The van der Waals surface area contributed by atoms with E-state index in [2.05, 4.69) is 4.72 Å². The molecule has 0 atom stereocenters. The fourth-order valence-electron chi connectivity index (χ4n) is 1.15. The molecular formula is C11H17FN2O2S. The zero-order chi connectivity index (χ0) is 13.1. The summed E-state index contributed by atoms with van der Waals surface area (Å²) in [7, 11) is -3.65. The van der Waals surface area contributed by atoms with Crippen LogP contribution in [0.3, 0.4) is 0 Å². The van der Waals surface area contributed by atoms with Gasteiger partial charge in [0.05, 0.1) is 4.90 Å². The van der Waals surface area contributed by atoms with Gasteiger partial charge in [0.1, 0.15) is 5.67 Å². The third-order valence-electron chi connectivity index (χ3n) is 2.15. The lowest BCUT2D eigenvalue weighted by molar-refractivity contribution is 0.221. The summed E-state index contributed by atoms with van der Waals surface area (Å²) in [6, 6.07) is 6.18. The van der Waals surface area contributed by atoms with Crippen LogP contribution in [0.5, 0.6) is 0 Å². The van der Waals surface area contributed by atoms with Gasteiger partial charge in [-0.25, -0.2) is 17.5 Å². The quantitative estimate of drug-likeness (QED) is 0.834. The predicted octanol–water partition coefficient (Wildman–Crippen LogP) is 1.17. The maximum absolute atomic E-state index is 13.2. The van der Waals surface area contributed by atoms with E-state index >= 15 is 0 Å². The average Bonchev–Trinajstić information content (AvgIpc) is 2.26. The van der Waals surface area contributed by atoms with Crippen molar-refractivity contribution in [3.05, 3.63) is 29.8 Å². The average molecular weight is 260 g/mol. The van der Waals surface area contributed by atoms with Crippen LogP contribution in [0.25, 0.3) is 0 Å². The maximum Gasteiger partial charge on any atom is 0.240 e. The van der Waals surface area contributed by atoms with Gasteiger partial charge in [-0.05, 0) is 31.5 Å². The van der Waals surface area contributed by atoms with Crippen LogP contribution in [0.2, 0.25) is 0 Å². The first-order valence-corrected chi connectivity index (χ1v) is 6.70. The van der Waals surface area contributed by atoms with Gasteiger partial charge >= 0.3 is 0 Å². The molecule has 3 N–H and O–H groups in total. The van der Waals surface area contributed by atoms with Crippen LogP contribution in [0.15, 0.2) is 29.2 Å². The zero-order valence-corrected chi connectivity index (χ0v) is 10.7. The molecule has 17 heavy (non-hydrogen) atoms. The highest BCUT2D eigenvalue weighted by Crippen LogP contribution is 2.12. The molecule has 6 heteroatoms. The second-order valence-corrected chi connectivity index (χ2v) is 6.16. The van der Waals surface area contributed by atoms with Crippen LogP contribution < -0.4 is 10.5 Å². The fourth-order valence-corrected chi connectivity index (χ4v) is 2.35. The Labute approximate surface area is 101 Å². The number of nitrogens with one attached hydrogen (secondary N) is 1. The molecule has 1 aromatic carbocycles. The summed E-state index contributed by atoms with van der Waals surface area (Å²) >= 11 is 0. The Bertz CT molecular complexity index is 463. The lowest BCUT2D eigenvalue weighted by Gasteiger charge is -2.15. The van der Waals surface area contributed by atoms with Gasteiger partial charge in [0.2, 0.25) is 10.0 Å². The summed E-state index contributed by atoms with van der Waals surface area (Å²) < 4.78 is 39.0. The minimum Gasteiger partial charge on any atom is -0.326 e. The van der Waals surface area contributed by atoms with Crippen molar-refractivity contribution in [3.63, 3.8) is 0 Å². The van der Waals surface area contributed by atoms with Crippen LogP contribution in [-0.4, -0.2) is 20.6 Å². The van der Waals surface area contributed by atoms with Crippen molar-refractivity contribution in [3.8, 4) is 0 Å². The van der Waals surface area contributed by atoms with Crippen molar-refractivity contribution in [2.45, 2.75) is 31.0 Å². The topological polar surface area (TPSA) is 72.2 Å². The third-order valence-corrected chi connectivity index (χ3v) is 3.57. The number of benzene rings is 1. The number of sulfonamides is 1. The summed E-state index contributed by atoms with van der Waals surface area (Å²) in [5.74, 6) is 0.